The van der Waals surface area contributed by atoms with Crippen molar-refractivity contribution in [3.8, 4) is 0 Å². The number of hydrogen-bond donors (Lipinski definition) is 3. The molecule has 116 valence electrons. The van der Waals surface area contributed by atoms with E-state index in [1.807, 2.05) is 38.1 Å². The van der Waals surface area contributed by atoms with Crippen LogP contribution in [-0.4, -0.2) is 17.1 Å². The van der Waals surface area contributed by atoms with Crippen molar-refractivity contribution in [2.24, 2.45) is 0 Å². The number of amides is 1. The number of carbonyl (C=O) groups is 1. The number of benzene rings is 1. The molecule has 0 unspecified atom stereocenters. The number of fused-ring (bicyclic) bond motifs is 1. The van der Waals surface area contributed by atoms with E-state index in [1.54, 1.807) is 17.4 Å². The molecule has 0 radical (unpaired) electrons. The van der Waals surface area contributed by atoms with Crippen molar-refractivity contribution in [3.63, 3.8) is 0 Å². The lowest BCUT2D eigenvalue weighted by Crippen LogP contribution is -2.48. The normalized spacial score (nSPS) is 11.1. The summed E-state index contributed by atoms with van der Waals surface area (Å²) in [6.45, 7) is 3.92. The average Bonchev–Trinajstić information content (AvgIpc) is 2.79. The summed E-state index contributed by atoms with van der Waals surface area (Å²) in [6, 6.07) is 8.06. The second-order valence-electron chi connectivity index (χ2n) is 4.85. The van der Waals surface area contributed by atoms with Crippen LogP contribution in [0, 0.1) is 0 Å². The molecule has 0 saturated heterocycles. The fourth-order valence-corrected chi connectivity index (χ4v) is 3.44. The highest BCUT2D eigenvalue weighted by Crippen LogP contribution is 2.35. The Morgan fingerprint density at radius 3 is 2.73 bits per heavy atom. The maximum Gasteiger partial charge on any atom is 0.262 e. The molecule has 0 bridgehead atoms. The minimum Gasteiger partial charge on any atom is -0.359 e. The lowest BCUT2D eigenvalue weighted by molar-refractivity contribution is -0.116. The van der Waals surface area contributed by atoms with Gasteiger partial charge in [0.05, 0.1) is 5.02 Å². The molecule has 4 nitrogen and oxygen atoms in total. The first-order chi connectivity index (χ1) is 10.5. The molecular weight excluding hydrogens is 338 g/mol. The highest BCUT2D eigenvalue weighted by atomic mass is 35.5. The van der Waals surface area contributed by atoms with Crippen LogP contribution in [0.2, 0.25) is 5.02 Å². The Hall–Kier alpha value is -1.63. The summed E-state index contributed by atoms with van der Waals surface area (Å²) in [6.07, 6.45) is 3.12. The van der Waals surface area contributed by atoms with Gasteiger partial charge in [0.25, 0.3) is 5.91 Å². The average molecular weight is 354 g/mol. The number of thiocarbonyl (C=S) groups is 1. The summed E-state index contributed by atoms with van der Waals surface area (Å²) in [5.74, 6) is -0.304. The molecule has 22 heavy (non-hydrogen) atoms. The van der Waals surface area contributed by atoms with Crippen LogP contribution in [-0.2, 0) is 4.79 Å². The molecule has 0 spiro atoms. The van der Waals surface area contributed by atoms with E-state index in [-0.39, 0.29) is 11.9 Å². The summed E-state index contributed by atoms with van der Waals surface area (Å²) in [5, 5.41) is 4.99. The van der Waals surface area contributed by atoms with E-state index >= 15 is 0 Å². The second-order valence-corrected chi connectivity index (χ2v) is 6.72. The number of nitrogens with one attached hydrogen (secondary N) is 3. The topological polar surface area (TPSA) is 53.2 Å². The third kappa shape index (κ3) is 4.43. The van der Waals surface area contributed by atoms with Crippen LogP contribution in [0.25, 0.3) is 16.2 Å². The second kappa shape index (κ2) is 7.58. The first kappa shape index (κ1) is 16.7. The fourth-order valence-electron chi connectivity index (χ4n) is 1.75. The van der Waals surface area contributed by atoms with E-state index in [1.165, 1.54) is 6.08 Å². The molecule has 0 atom stereocenters. The third-order valence-corrected chi connectivity index (χ3v) is 4.54. The molecule has 1 amide bonds. The van der Waals surface area contributed by atoms with Gasteiger partial charge >= 0.3 is 0 Å². The predicted octanol–water partition coefficient (Wildman–Crippen LogP) is 3.47. The summed E-state index contributed by atoms with van der Waals surface area (Å²) >= 11 is 12.9. The van der Waals surface area contributed by atoms with Crippen molar-refractivity contribution in [2.45, 2.75) is 19.9 Å². The van der Waals surface area contributed by atoms with Crippen LogP contribution in [0.5, 0.6) is 0 Å². The summed E-state index contributed by atoms with van der Waals surface area (Å²) in [4.78, 5) is 12.6. The smallest absolute Gasteiger partial charge is 0.262 e. The van der Waals surface area contributed by atoms with Crippen molar-refractivity contribution in [1.82, 2.24) is 16.2 Å². The molecule has 2 rings (SSSR count). The van der Waals surface area contributed by atoms with Crippen molar-refractivity contribution >= 4 is 62.3 Å². The zero-order valence-electron chi connectivity index (χ0n) is 12.1. The predicted molar refractivity (Wildman–Crippen MR) is 98.0 cm³/mol. The van der Waals surface area contributed by atoms with E-state index in [0.717, 1.165) is 15.0 Å². The highest BCUT2D eigenvalue weighted by Gasteiger charge is 2.07. The number of hydrogen-bond acceptors (Lipinski definition) is 3. The van der Waals surface area contributed by atoms with Crippen LogP contribution in [0.4, 0.5) is 0 Å². The molecule has 1 aromatic heterocycles. The molecule has 0 aliphatic rings. The number of thiophene rings is 1. The maximum atomic E-state index is 11.7. The number of halogens is 1. The summed E-state index contributed by atoms with van der Waals surface area (Å²) in [5.41, 5.74) is 5.12. The van der Waals surface area contributed by atoms with Crippen LogP contribution in [0.3, 0.4) is 0 Å². The zero-order chi connectivity index (χ0) is 16.1. The Kier molecular flexibility index (Phi) is 5.76. The van der Waals surface area contributed by atoms with Gasteiger partial charge in [0.2, 0.25) is 0 Å². The molecule has 0 saturated carbocycles. The van der Waals surface area contributed by atoms with Gasteiger partial charge in [-0.1, -0.05) is 29.8 Å². The molecule has 0 aliphatic heterocycles. The zero-order valence-corrected chi connectivity index (χ0v) is 14.5. The lowest BCUT2D eigenvalue weighted by atomic mass is 10.2. The molecule has 0 fully saturated rings. The monoisotopic (exact) mass is 353 g/mol. The van der Waals surface area contributed by atoms with Gasteiger partial charge in [0, 0.05) is 27.1 Å². The van der Waals surface area contributed by atoms with Gasteiger partial charge in [-0.3, -0.25) is 15.6 Å². The fraction of sp³-hybridized carbons (Fsp3) is 0.200. The van der Waals surface area contributed by atoms with Crippen molar-refractivity contribution < 1.29 is 4.79 Å². The van der Waals surface area contributed by atoms with Crippen molar-refractivity contribution in [1.29, 1.82) is 0 Å². The SMILES string of the molecule is CC(C)NC(=S)NNC(=O)/C=C/c1sc2ccccc2c1Cl. The molecule has 0 aliphatic carbocycles. The minimum atomic E-state index is -0.304. The van der Waals surface area contributed by atoms with Gasteiger partial charge in [-0.25, -0.2) is 0 Å². The Morgan fingerprint density at radius 2 is 2.05 bits per heavy atom. The standard InChI is InChI=1S/C15H16ClN3OS2/c1-9(2)17-15(21)19-18-13(20)8-7-12-14(16)10-5-3-4-6-11(10)22-12/h3-9H,1-2H3,(H,18,20)(H2,17,19,21)/b8-7+. The molecule has 2 aromatic rings. The van der Waals surface area contributed by atoms with Gasteiger partial charge in [-0.2, -0.15) is 0 Å². The first-order valence-electron chi connectivity index (χ1n) is 6.69. The largest absolute Gasteiger partial charge is 0.359 e. The number of hydrazine groups is 1. The van der Waals surface area contributed by atoms with Crippen LogP contribution in [0.1, 0.15) is 18.7 Å². The van der Waals surface area contributed by atoms with Crippen molar-refractivity contribution in [2.75, 3.05) is 0 Å². The molecule has 3 N–H and O–H groups in total. The van der Waals surface area contributed by atoms with Gasteiger partial charge in [0.15, 0.2) is 5.11 Å². The lowest BCUT2D eigenvalue weighted by Gasteiger charge is -2.12. The van der Waals surface area contributed by atoms with Gasteiger partial charge in [-0.15, -0.1) is 11.3 Å². The Bertz CT molecular complexity index is 725. The van der Waals surface area contributed by atoms with Crippen molar-refractivity contribution in [3.05, 3.63) is 40.2 Å². The van der Waals surface area contributed by atoms with E-state index in [9.17, 15) is 4.79 Å². The van der Waals surface area contributed by atoms with Gasteiger partial charge < -0.3 is 5.32 Å². The molecule has 1 heterocycles. The van der Waals surface area contributed by atoms with Crippen LogP contribution < -0.4 is 16.2 Å². The Labute approximate surface area is 143 Å². The highest BCUT2D eigenvalue weighted by molar-refractivity contribution is 7.80. The van der Waals surface area contributed by atoms with E-state index in [4.69, 9.17) is 23.8 Å². The first-order valence-corrected chi connectivity index (χ1v) is 8.29. The molecule has 7 heteroatoms. The quantitative estimate of drug-likeness (QED) is 0.449. The number of carbonyl (C=O) groups excluding carboxylic acids is 1. The number of rotatable bonds is 3. The van der Waals surface area contributed by atoms with E-state index in [0.29, 0.717) is 10.1 Å². The van der Waals surface area contributed by atoms with Crippen LogP contribution >= 0.6 is 35.2 Å². The van der Waals surface area contributed by atoms with Gasteiger partial charge in [-0.05, 0) is 38.2 Å². The summed E-state index contributed by atoms with van der Waals surface area (Å²) < 4.78 is 1.09. The molecular formula is C15H16ClN3OS2. The summed E-state index contributed by atoms with van der Waals surface area (Å²) in [7, 11) is 0. The Balaban J connectivity index is 1.97. The molecule has 1 aromatic carbocycles. The van der Waals surface area contributed by atoms with E-state index < -0.39 is 0 Å². The van der Waals surface area contributed by atoms with Gasteiger partial charge in [0.1, 0.15) is 0 Å². The minimum absolute atomic E-state index is 0.199. The Morgan fingerprint density at radius 1 is 1.32 bits per heavy atom. The maximum absolute atomic E-state index is 11.7. The third-order valence-electron chi connectivity index (χ3n) is 2.66. The van der Waals surface area contributed by atoms with E-state index in [2.05, 4.69) is 16.2 Å². The van der Waals surface area contributed by atoms with Crippen LogP contribution in [0.15, 0.2) is 30.3 Å².